The lowest BCUT2D eigenvalue weighted by Gasteiger charge is -2.57. The molecule has 2 bridgehead atoms. The fraction of sp³-hybridized carbons (Fsp3) is 0.700. The third kappa shape index (κ3) is 1.66. The molecular formula is C20H26O4. The predicted molar refractivity (Wildman–Crippen MR) is 89.7 cm³/mol. The Kier molecular flexibility index (Phi) is 3.06. The average Bonchev–Trinajstić information content (AvgIpc) is 2.88. The van der Waals surface area contributed by atoms with Crippen molar-refractivity contribution < 1.29 is 18.9 Å². The summed E-state index contributed by atoms with van der Waals surface area (Å²) in [5.74, 6) is 2.06. The molecule has 1 spiro atoms. The summed E-state index contributed by atoms with van der Waals surface area (Å²) in [4.78, 5) is 0. The molecule has 24 heavy (non-hydrogen) atoms. The minimum atomic E-state index is -0.0670. The van der Waals surface area contributed by atoms with E-state index >= 15 is 0 Å². The van der Waals surface area contributed by atoms with Gasteiger partial charge >= 0.3 is 0 Å². The van der Waals surface area contributed by atoms with E-state index in [0.717, 1.165) is 30.8 Å². The van der Waals surface area contributed by atoms with Crippen molar-refractivity contribution >= 4 is 0 Å². The summed E-state index contributed by atoms with van der Waals surface area (Å²) >= 11 is 0. The van der Waals surface area contributed by atoms with Gasteiger partial charge in [0.05, 0.1) is 25.9 Å². The van der Waals surface area contributed by atoms with E-state index in [9.17, 15) is 0 Å². The summed E-state index contributed by atoms with van der Waals surface area (Å²) in [5, 5.41) is 0. The first-order chi connectivity index (χ1) is 11.6. The molecule has 0 unspecified atom stereocenters. The van der Waals surface area contributed by atoms with Gasteiger partial charge in [0.15, 0.2) is 6.29 Å². The SMILES string of the molecule is COc1cc2c(c(OC)c1)[C@H]1[C@H](C)O[C@H]3C[C@@]4(CCCC[C@@]14O3)C2. The highest BCUT2D eigenvalue weighted by atomic mass is 16.7. The molecule has 1 aromatic rings. The molecule has 5 rings (SSSR count). The molecule has 130 valence electrons. The third-order valence-corrected chi connectivity index (χ3v) is 7.09. The van der Waals surface area contributed by atoms with Gasteiger partial charge in [-0.2, -0.15) is 0 Å². The second-order valence-electron chi connectivity index (χ2n) is 8.03. The van der Waals surface area contributed by atoms with Gasteiger partial charge in [0.1, 0.15) is 11.5 Å². The van der Waals surface area contributed by atoms with Crippen LogP contribution in [0, 0.1) is 5.41 Å². The largest absolute Gasteiger partial charge is 0.497 e. The molecule has 0 N–H and O–H groups in total. The monoisotopic (exact) mass is 330 g/mol. The van der Waals surface area contributed by atoms with Gasteiger partial charge in [0, 0.05) is 29.4 Å². The second kappa shape index (κ2) is 4.89. The maximum absolute atomic E-state index is 6.62. The number of rotatable bonds is 2. The Balaban J connectivity index is 1.77. The van der Waals surface area contributed by atoms with E-state index in [1.807, 2.05) is 6.07 Å². The molecule has 2 heterocycles. The van der Waals surface area contributed by atoms with Crippen LogP contribution in [0.1, 0.15) is 56.1 Å². The summed E-state index contributed by atoms with van der Waals surface area (Å²) < 4.78 is 24.2. The van der Waals surface area contributed by atoms with Crippen LogP contribution in [0.15, 0.2) is 12.1 Å². The Hall–Kier alpha value is -1.26. The van der Waals surface area contributed by atoms with Gasteiger partial charge in [-0.3, -0.25) is 0 Å². The topological polar surface area (TPSA) is 36.9 Å². The van der Waals surface area contributed by atoms with E-state index in [-0.39, 0.29) is 29.3 Å². The van der Waals surface area contributed by atoms with Crippen molar-refractivity contribution in [2.24, 2.45) is 5.41 Å². The quantitative estimate of drug-likeness (QED) is 0.826. The molecule has 3 fully saturated rings. The maximum Gasteiger partial charge on any atom is 0.159 e. The zero-order valence-electron chi connectivity index (χ0n) is 14.8. The summed E-state index contributed by atoms with van der Waals surface area (Å²) in [7, 11) is 3.48. The van der Waals surface area contributed by atoms with Gasteiger partial charge in [-0.05, 0) is 37.8 Å². The molecule has 2 saturated heterocycles. The number of hydrogen-bond donors (Lipinski definition) is 0. The molecular weight excluding hydrogens is 304 g/mol. The first-order valence-electron chi connectivity index (χ1n) is 9.20. The van der Waals surface area contributed by atoms with Crippen LogP contribution < -0.4 is 9.47 Å². The van der Waals surface area contributed by atoms with Crippen molar-refractivity contribution in [3.05, 3.63) is 23.3 Å². The normalized spacial score (nSPS) is 42.2. The van der Waals surface area contributed by atoms with E-state index in [1.54, 1.807) is 14.2 Å². The van der Waals surface area contributed by atoms with Crippen molar-refractivity contribution in [2.75, 3.05) is 14.2 Å². The molecule has 2 aliphatic heterocycles. The van der Waals surface area contributed by atoms with Crippen molar-refractivity contribution in [1.82, 2.24) is 0 Å². The minimum absolute atomic E-state index is 0.0310. The third-order valence-electron chi connectivity index (χ3n) is 7.09. The van der Waals surface area contributed by atoms with Gasteiger partial charge in [0.2, 0.25) is 0 Å². The van der Waals surface area contributed by atoms with Crippen molar-refractivity contribution in [3.8, 4) is 11.5 Å². The number of hydrogen-bond acceptors (Lipinski definition) is 4. The predicted octanol–water partition coefficient (Wildman–Crippen LogP) is 3.81. The van der Waals surface area contributed by atoms with Crippen molar-refractivity contribution in [2.45, 2.75) is 69.4 Å². The Labute approximate surface area is 143 Å². The van der Waals surface area contributed by atoms with Crippen LogP contribution in [0.4, 0.5) is 0 Å². The fourth-order valence-corrected chi connectivity index (χ4v) is 6.30. The Morgan fingerprint density at radius 2 is 1.96 bits per heavy atom. The Bertz CT molecular complexity index is 686. The first kappa shape index (κ1) is 15.0. The zero-order chi connectivity index (χ0) is 16.5. The molecule has 4 aliphatic rings. The number of methoxy groups -OCH3 is 2. The van der Waals surface area contributed by atoms with Crippen LogP contribution in [-0.4, -0.2) is 32.2 Å². The number of benzene rings is 1. The molecule has 0 aromatic heterocycles. The minimum Gasteiger partial charge on any atom is -0.497 e. The highest BCUT2D eigenvalue weighted by molar-refractivity contribution is 5.54. The smallest absolute Gasteiger partial charge is 0.159 e. The van der Waals surface area contributed by atoms with Crippen LogP contribution in [0.2, 0.25) is 0 Å². The summed E-state index contributed by atoms with van der Waals surface area (Å²) in [6.45, 7) is 2.21. The van der Waals surface area contributed by atoms with Crippen LogP contribution in [-0.2, 0) is 15.9 Å². The first-order valence-corrected chi connectivity index (χ1v) is 9.20. The van der Waals surface area contributed by atoms with Gasteiger partial charge in [-0.15, -0.1) is 0 Å². The molecule has 0 amide bonds. The average molecular weight is 330 g/mol. The maximum atomic E-state index is 6.62. The van der Waals surface area contributed by atoms with Crippen molar-refractivity contribution in [1.29, 1.82) is 0 Å². The molecule has 1 aromatic carbocycles. The molecule has 1 saturated carbocycles. The summed E-state index contributed by atoms with van der Waals surface area (Å²) in [6, 6.07) is 4.22. The second-order valence-corrected chi connectivity index (χ2v) is 8.03. The van der Waals surface area contributed by atoms with Crippen LogP contribution in [0.5, 0.6) is 11.5 Å². The highest BCUT2D eigenvalue weighted by Crippen LogP contribution is 2.69. The molecule has 0 radical (unpaired) electrons. The highest BCUT2D eigenvalue weighted by Gasteiger charge is 2.70. The van der Waals surface area contributed by atoms with E-state index < -0.39 is 0 Å². The van der Waals surface area contributed by atoms with Gasteiger partial charge in [0.25, 0.3) is 0 Å². The molecule has 5 atom stereocenters. The van der Waals surface area contributed by atoms with Gasteiger partial charge in [-0.1, -0.05) is 12.8 Å². The summed E-state index contributed by atoms with van der Waals surface area (Å²) in [5.41, 5.74) is 2.82. The number of fused-ring (bicyclic) bond motifs is 3. The standard InChI is InChI=1S/C20H26O4/c1-12-18-17-13(8-14(21-2)9-15(17)22-3)10-19-6-4-5-7-20(18,19)24-16(11-19)23-12/h8-9,12,16,18H,4-7,10-11H2,1-3H3/t12-,16+,18+,19+,20+/m0/s1. The molecule has 4 heteroatoms. The molecule has 4 nitrogen and oxygen atoms in total. The van der Waals surface area contributed by atoms with Crippen LogP contribution in [0.3, 0.4) is 0 Å². The van der Waals surface area contributed by atoms with Gasteiger partial charge < -0.3 is 18.9 Å². The molecule has 2 aliphatic carbocycles. The van der Waals surface area contributed by atoms with E-state index in [1.165, 1.54) is 30.4 Å². The Morgan fingerprint density at radius 3 is 2.75 bits per heavy atom. The lowest BCUT2D eigenvalue weighted by molar-refractivity contribution is -0.272. The van der Waals surface area contributed by atoms with E-state index in [2.05, 4.69) is 13.0 Å². The van der Waals surface area contributed by atoms with E-state index in [0.29, 0.717) is 0 Å². The van der Waals surface area contributed by atoms with Crippen molar-refractivity contribution in [3.63, 3.8) is 0 Å². The number of ether oxygens (including phenoxy) is 4. The Morgan fingerprint density at radius 1 is 1.12 bits per heavy atom. The lowest BCUT2D eigenvalue weighted by Crippen LogP contribution is -2.59. The van der Waals surface area contributed by atoms with Crippen LogP contribution >= 0.6 is 0 Å². The zero-order valence-corrected chi connectivity index (χ0v) is 14.8. The van der Waals surface area contributed by atoms with Gasteiger partial charge in [-0.25, -0.2) is 0 Å². The fourth-order valence-electron chi connectivity index (χ4n) is 6.30. The van der Waals surface area contributed by atoms with Crippen LogP contribution in [0.25, 0.3) is 0 Å². The van der Waals surface area contributed by atoms with E-state index in [4.69, 9.17) is 18.9 Å². The lowest BCUT2D eigenvalue weighted by atomic mass is 9.51. The summed E-state index contributed by atoms with van der Waals surface area (Å²) in [6.07, 6.45) is 7.17.